The molecule has 0 bridgehead atoms. The largest absolute Gasteiger partial charge is 0.479 e. The molecule has 176 valence electrons. The van der Waals surface area contributed by atoms with Crippen molar-refractivity contribution >= 4 is 11.6 Å². The Morgan fingerprint density at radius 3 is 2.38 bits per heavy atom. The molecule has 34 heavy (non-hydrogen) atoms. The van der Waals surface area contributed by atoms with Crippen LogP contribution in [-0.2, 0) is 13.2 Å². The fourth-order valence-corrected chi connectivity index (χ4v) is 3.36. The molecular formula is C24H19F4N3O3. The molecule has 0 radical (unpaired) electrons. The Balaban J connectivity index is 1.45. The number of carbonyl (C=O) groups is 1. The second kappa shape index (κ2) is 9.42. The number of furan rings is 1. The number of aromatic nitrogens is 2. The van der Waals surface area contributed by atoms with Gasteiger partial charge in [0.05, 0.1) is 23.6 Å². The molecule has 2 aromatic carbocycles. The second-order valence-corrected chi connectivity index (χ2v) is 7.50. The van der Waals surface area contributed by atoms with Crippen molar-refractivity contribution in [2.24, 2.45) is 0 Å². The molecule has 6 nitrogen and oxygen atoms in total. The number of nitrogens with one attached hydrogen (secondary N) is 1. The zero-order valence-electron chi connectivity index (χ0n) is 18.2. The van der Waals surface area contributed by atoms with Crippen LogP contribution in [0.3, 0.4) is 0 Å². The molecule has 0 fully saturated rings. The number of halogens is 4. The van der Waals surface area contributed by atoms with Gasteiger partial charge < -0.3 is 14.5 Å². The highest BCUT2D eigenvalue weighted by Crippen LogP contribution is 2.28. The van der Waals surface area contributed by atoms with Gasteiger partial charge in [0.15, 0.2) is 23.1 Å². The molecule has 4 aromatic rings. The molecule has 10 heteroatoms. The van der Waals surface area contributed by atoms with Crippen molar-refractivity contribution in [2.45, 2.75) is 27.0 Å². The number of hydrogen-bond donors (Lipinski definition) is 1. The van der Waals surface area contributed by atoms with Gasteiger partial charge in [0.25, 0.3) is 5.91 Å². The van der Waals surface area contributed by atoms with E-state index in [0.29, 0.717) is 17.9 Å². The molecule has 0 spiro atoms. The Bertz CT molecular complexity index is 1320. The smallest absolute Gasteiger partial charge is 0.291 e. The van der Waals surface area contributed by atoms with Crippen molar-refractivity contribution < 1.29 is 31.5 Å². The van der Waals surface area contributed by atoms with Crippen LogP contribution in [0, 0.1) is 37.1 Å². The van der Waals surface area contributed by atoms with Gasteiger partial charge in [0.2, 0.25) is 11.6 Å². The Morgan fingerprint density at radius 1 is 1.03 bits per heavy atom. The van der Waals surface area contributed by atoms with Gasteiger partial charge in [-0.15, -0.1) is 0 Å². The van der Waals surface area contributed by atoms with Crippen LogP contribution in [-0.4, -0.2) is 15.7 Å². The van der Waals surface area contributed by atoms with E-state index in [1.807, 2.05) is 37.3 Å². The molecule has 0 aliphatic carbocycles. The summed E-state index contributed by atoms with van der Waals surface area (Å²) >= 11 is 0. The van der Waals surface area contributed by atoms with E-state index in [4.69, 9.17) is 9.15 Å². The number of hydrogen-bond acceptors (Lipinski definition) is 4. The summed E-state index contributed by atoms with van der Waals surface area (Å²) in [6, 6.07) is 12.5. The summed E-state index contributed by atoms with van der Waals surface area (Å²) in [6.45, 7) is 3.55. The first kappa shape index (κ1) is 23.1. The summed E-state index contributed by atoms with van der Waals surface area (Å²) in [4.78, 5) is 12.7. The number of anilines is 1. The van der Waals surface area contributed by atoms with Crippen LogP contribution in [0.15, 0.2) is 52.9 Å². The molecular weight excluding hydrogens is 454 g/mol. The number of rotatable bonds is 7. The van der Waals surface area contributed by atoms with Gasteiger partial charge in [-0.25, -0.2) is 8.78 Å². The highest BCUT2D eigenvalue weighted by atomic mass is 19.2. The Morgan fingerprint density at radius 2 is 1.71 bits per heavy atom. The first-order chi connectivity index (χ1) is 16.2. The van der Waals surface area contributed by atoms with E-state index < -0.39 is 41.5 Å². The zero-order valence-corrected chi connectivity index (χ0v) is 18.2. The Labute approximate surface area is 191 Å². The maximum absolute atomic E-state index is 13.7. The lowest BCUT2D eigenvalue weighted by Gasteiger charge is -2.08. The topological polar surface area (TPSA) is 69.3 Å². The molecule has 0 aliphatic heterocycles. The Kier molecular flexibility index (Phi) is 6.40. The minimum Gasteiger partial charge on any atom is -0.479 e. The third-order valence-electron chi connectivity index (χ3n) is 5.11. The van der Waals surface area contributed by atoms with Crippen LogP contribution in [0.1, 0.15) is 33.3 Å². The highest BCUT2D eigenvalue weighted by molar-refractivity contribution is 6.02. The van der Waals surface area contributed by atoms with Gasteiger partial charge in [0, 0.05) is 6.07 Å². The lowest BCUT2D eigenvalue weighted by Crippen LogP contribution is -2.12. The molecule has 0 unspecified atom stereocenters. The van der Waals surface area contributed by atoms with E-state index in [1.54, 1.807) is 11.6 Å². The molecule has 1 amide bonds. The molecule has 0 aliphatic rings. The minimum atomic E-state index is -1.66. The van der Waals surface area contributed by atoms with Gasteiger partial charge in [-0.05, 0) is 31.5 Å². The fraction of sp³-hybridized carbons (Fsp3) is 0.167. The van der Waals surface area contributed by atoms with Crippen molar-refractivity contribution in [1.29, 1.82) is 0 Å². The number of benzene rings is 2. The van der Waals surface area contributed by atoms with Crippen LogP contribution in [0.5, 0.6) is 5.75 Å². The molecule has 1 N–H and O–H groups in total. The molecule has 2 heterocycles. The van der Waals surface area contributed by atoms with Crippen LogP contribution in [0.2, 0.25) is 0 Å². The first-order valence-corrected chi connectivity index (χ1v) is 10.2. The van der Waals surface area contributed by atoms with Crippen molar-refractivity contribution in [3.8, 4) is 5.75 Å². The van der Waals surface area contributed by atoms with E-state index in [1.165, 1.54) is 12.1 Å². The van der Waals surface area contributed by atoms with Crippen molar-refractivity contribution in [3.63, 3.8) is 0 Å². The van der Waals surface area contributed by atoms with Crippen LogP contribution < -0.4 is 10.1 Å². The number of nitrogens with zero attached hydrogens (tertiary/aromatic N) is 2. The summed E-state index contributed by atoms with van der Waals surface area (Å²) in [5, 5.41) is 7.22. The summed E-state index contributed by atoms with van der Waals surface area (Å²) in [6.07, 6.45) is 0. The Hall–Kier alpha value is -4.08. The minimum absolute atomic E-state index is 0.0156. The second-order valence-electron chi connectivity index (χ2n) is 7.50. The van der Waals surface area contributed by atoms with E-state index in [9.17, 15) is 22.4 Å². The standard InChI is InChI=1S/C24H19F4N3O3/c1-13-22(14(2)31(30-13)11-15-6-4-3-5-7-15)29-24(32)19-9-8-16(34-19)12-33-23-20(27)17(25)10-18(26)21(23)28/h3-10H,11-12H2,1-2H3,(H,29,32). The zero-order chi connectivity index (χ0) is 24.4. The predicted molar refractivity (Wildman–Crippen MR) is 115 cm³/mol. The fourth-order valence-electron chi connectivity index (χ4n) is 3.36. The third-order valence-corrected chi connectivity index (χ3v) is 5.11. The van der Waals surface area contributed by atoms with E-state index >= 15 is 0 Å². The van der Waals surface area contributed by atoms with Gasteiger partial charge >= 0.3 is 0 Å². The van der Waals surface area contributed by atoms with Crippen LogP contribution in [0.25, 0.3) is 0 Å². The number of carbonyl (C=O) groups excluding carboxylic acids is 1. The molecule has 0 atom stereocenters. The summed E-state index contributed by atoms with van der Waals surface area (Å²) in [7, 11) is 0. The summed E-state index contributed by atoms with van der Waals surface area (Å²) < 4.78 is 66.1. The average Bonchev–Trinajstić information content (AvgIpc) is 3.39. The molecule has 2 aromatic heterocycles. The van der Waals surface area contributed by atoms with E-state index in [2.05, 4.69) is 10.4 Å². The summed E-state index contributed by atoms with van der Waals surface area (Å²) in [5.41, 5.74) is 2.92. The maximum Gasteiger partial charge on any atom is 0.291 e. The van der Waals surface area contributed by atoms with E-state index in [0.717, 1.165) is 11.3 Å². The number of aryl methyl sites for hydroxylation is 1. The lowest BCUT2D eigenvalue weighted by molar-refractivity contribution is 0.0992. The lowest BCUT2D eigenvalue weighted by atomic mass is 10.2. The van der Waals surface area contributed by atoms with Crippen LogP contribution >= 0.6 is 0 Å². The molecule has 0 saturated carbocycles. The van der Waals surface area contributed by atoms with Gasteiger partial charge in [-0.1, -0.05) is 30.3 Å². The van der Waals surface area contributed by atoms with Crippen molar-refractivity contribution in [2.75, 3.05) is 5.32 Å². The van der Waals surface area contributed by atoms with Gasteiger partial charge in [-0.3, -0.25) is 9.48 Å². The first-order valence-electron chi connectivity index (χ1n) is 10.2. The molecule has 4 rings (SSSR count). The normalized spacial score (nSPS) is 11.0. The number of ether oxygens (including phenoxy) is 1. The van der Waals surface area contributed by atoms with Crippen molar-refractivity contribution in [3.05, 3.63) is 100 Å². The van der Waals surface area contributed by atoms with Gasteiger partial charge in [-0.2, -0.15) is 13.9 Å². The number of amides is 1. The summed E-state index contributed by atoms with van der Waals surface area (Å²) in [5.74, 6) is -8.38. The average molecular weight is 473 g/mol. The SMILES string of the molecule is Cc1nn(Cc2ccccc2)c(C)c1NC(=O)c1ccc(COc2c(F)c(F)cc(F)c2F)o1. The van der Waals surface area contributed by atoms with Crippen LogP contribution in [0.4, 0.5) is 23.2 Å². The molecule has 0 saturated heterocycles. The predicted octanol–water partition coefficient (Wildman–Crippen LogP) is 5.53. The van der Waals surface area contributed by atoms with E-state index in [-0.39, 0.29) is 17.6 Å². The van der Waals surface area contributed by atoms with Crippen molar-refractivity contribution in [1.82, 2.24) is 9.78 Å². The maximum atomic E-state index is 13.7. The quantitative estimate of drug-likeness (QED) is 0.283. The highest BCUT2D eigenvalue weighted by Gasteiger charge is 2.22. The third kappa shape index (κ3) is 4.66. The van der Waals surface area contributed by atoms with Gasteiger partial charge in [0.1, 0.15) is 12.4 Å². The monoisotopic (exact) mass is 473 g/mol.